The number of rotatable bonds is 8. The fourth-order valence-corrected chi connectivity index (χ4v) is 4.74. The number of carbonyl (C=O) groups excluding carboxylic acids is 3. The molecule has 2 heterocycles. The highest BCUT2D eigenvalue weighted by atomic mass is 16.5. The van der Waals surface area contributed by atoms with E-state index in [1.54, 1.807) is 31.5 Å². The Morgan fingerprint density at radius 3 is 2.22 bits per heavy atom. The average molecular weight is 555 g/mol. The molecule has 8 nitrogen and oxygen atoms in total. The van der Waals surface area contributed by atoms with Crippen LogP contribution in [0.1, 0.15) is 43.1 Å². The second-order valence-electron chi connectivity index (χ2n) is 10.2. The zero-order chi connectivity index (χ0) is 29.2. The van der Waals surface area contributed by atoms with Crippen LogP contribution in [0.15, 0.2) is 91.1 Å². The summed E-state index contributed by atoms with van der Waals surface area (Å²) in [6.45, 7) is 3.87. The molecule has 5 atom stereocenters. The van der Waals surface area contributed by atoms with Gasteiger partial charge in [-0.1, -0.05) is 93.1 Å². The number of fused-ring (bicyclic) bond motifs is 10. The van der Waals surface area contributed by atoms with Crippen LogP contribution < -0.4 is 26.0 Å². The maximum Gasteiger partial charge on any atom is 0.247 e. The molecule has 0 fully saturated rings. The van der Waals surface area contributed by atoms with E-state index in [4.69, 9.17) is 4.74 Å². The maximum atomic E-state index is 14.1. The summed E-state index contributed by atoms with van der Waals surface area (Å²) in [6.07, 6.45) is 3.57. The first-order valence-electron chi connectivity index (χ1n) is 14.0. The summed E-state index contributed by atoms with van der Waals surface area (Å²) in [5.41, 5.74) is 2.56. The van der Waals surface area contributed by atoms with E-state index < -0.39 is 30.1 Å². The molecule has 0 saturated carbocycles. The molecule has 0 saturated heterocycles. The minimum Gasteiger partial charge on any atom is -0.483 e. The number of carbonyl (C=O) groups is 3. The highest BCUT2D eigenvalue weighted by Gasteiger charge is 2.37. The molecule has 2 aliphatic rings. The molecule has 0 unspecified atom stereocenters. The van der Waals surface area contributed by atoms with Crippen LogP contribution in [-0.2, 0) is 20.8 Å². The summed E-state index contributed by atoms with van der Waals surface area (Å²) >= 11 is 0. The predicted octanol–water partition coefficient (Wildman–Crippen LogP) is 3.75. The van der Waals surface area contributed by atoms with Crippen LogP contribution in [0.25, 0.3) is 6.08 Å². The first-order chi connectivity index (χ1) is 19.9. The van der Waals surface area contributed by atoms with Crippen LogP contribution in [0, 0.1) is 5.92 Å². The summed E-state index contributed by atoms with van der Waals surface area (Å²) in [4.78, 5) is 41.0. The Kier molecular flexibility index (Phi) is 10.3. The number of nitrogens with one attached hydrogen (secondary N) is 4. The SMILES string of the molecule is CC[C@H](C)[C@@H]1NC(=O)[C@@H](NC(=O)[C@H](Cc2ccccc2)NC)[C@@H](c2ccccc2)Oc2ccc(cc2)/C=C/NC1=O. The van der Waals surface area contributed by atoms with Gasteiger partial charge in [0.25, 0.3) is 0 Å². The second kappa shape index (κ2) is 14.3. The Balaban J connectivity index is 1.75. The number of benzene rings is 3. The van der Waals surface area contributed by atoms with Gasteiger partial charge in [0.1, 0.15) is 17.8 Å². The molecule has 3 amide bonds. The maximum absolute atomic E-state index is 14.1. The van der Waals surface area contributed by atoms with E-state index in [2.05, 4.69) is 21.3 Å². The molecular formula is C33H38N4O4. The van der Waals surface area contributed by atoms with Crippen molar-refractivity contribution in [2.45, 2.75) is 50.9 Å². The van der Waals surface area contributed by atoms with Crippen molar-refractivity contribution in [3.05, 3.63) is 108 Å². The second-order valence-corrected chi connectivity index (χ2v) is 10.2. The van der Waals surface area contributed by atoms with Gasteiger partial charge < -0.3 is 26.0 Å². The number of hydrogen-bond donors (Lipinski definition) is 4. The Morgan fingerprint density at radius 1 is 0.927 bits per heavy atom. The van der Waals surface area contributed by atoms with E-state index in [-0.39, 0.29) is 17.7 Å². The number of ether oxygens (including phenoxy) is 1. The third kappa shape index (κ3) is 7.83. The number of likely N-dealkylation sites (N-methyl/N-ethyl adjacent to an activating group) is 1. The lowest BCUT2D eigenvalue weighted by molar-refractivity contribution is -0.135. The molecular weight excluding hydrogens is 516 g/mol. The fourth-order valence-electron chi connectivity index (χ4n) is 4.74. The third-order valence-electron chi connectivity index (χ3n) is 7.40. The molecule has 8 heteroatoms. The van der Waals surface area contributed by atoms with Crippen LogP contribution in [0.3, 0.4) is 0 Å². The molecule has 3 aromatic carbocycles. The van der Waals surface area contributed by atoms with Crippen molar-refractivity contribution in [1.29, 1.82) is 0 Å². The average Bonchev–Trinajstić information content (AvgIpc) is 3.01. The van der Waals surface area contributed by atoms with Gasteiger partial charge in [-0.15, -0.1) is 0 Å². The smallest absolute Gasteiger partial charge is 0.247 e. The molecule has 3 aromatic rings. The van der Waals surface area contributed by atoms with Gasteiger partial charge in [-0.05, 0) is 54.3 Å². The molecule has 41 heavy (non-hydrogen) atoms. The highest BCUT2D eigenvalue weighted by Crippen LogP contribution is 2.27. The molecule has 0 radical (unpaired) electrons. The van der Waals surface area contributed by atoms with Gasteiger partial charge in [0, 0.05) is 6.20 Å². The Labute approximate surface area is 241 Å². The normalized spacial score (nSPS) is 21.4. The van der Waals surface area contributed by atoms with Gasteiger partial charge in [-0.3, -0.25) is 14.4 Å². The molecule has 2 aliphatic heterocycles. The summed E-state index contributed by atoms with van der Waals surface area (Å²) in [7, 11) is 1.71. The first kappa shape index (κ1) is 29.6. The third-order valence-corrected chi connectivity index (χ3v) is 7.40. The number of amides is 3. The lowest BCUT2D eigenvalue weighted by Gasteiger charge is -2.32. The van der Waals surface area contributed by atoms with Gasteiger partial charge in [-0.25, -0.2) is 0 Å². The van der Waals surface area contributed by atoms with E-state index in [1.807, 2.05) is 86.6 Å². The molecule has 4 N–H and O–H groups in total. The van der Waals surface area contributed by atoms with Crippen LogP contribution in [0.4, 0.5) is 0 Å². The van der Waals surface area contributed by atoms with Gasteiger partial charge in [0.15, 0.2) is 6.10 Å². The standard InChI is InChI=1S/C33H38N4O4/c1-4-22(2)28-32(39)35-20-19-23-15-17-26(18-16-23)41-30(25-13-9-6-10-14-25)29(33(40)36-28)37-31(38)27(34-3)21-24-11-7-5-8-12-24/h5-20,22,27-30,34H,4,21H2,1-3H3,(H,35,39)(H,36,40)(H,37,38)/b20-19+/t22-,27-,28-,29-,30+/m0/s1. The van der Waals surface area contributed by atoms with Gasteiger partial charge in [-0.2, -0.15) is 0 Å². The van der Waals surface area contributed by atoms with Crippen molar-refractivity contribution in [3.63, 3.8) is 0 Å². The van der Waals surface area contributed by atoms with Crippen LogP contribution in [0.5, 0.6) is 5.75 Å². The van der Waals surface area contributed by atoms with E-state index in [9.17, 15) is 14.4 Å². The molecule has 214 valence electrons. The van der Waals surface area contributed by atoms with E-state index in [0.717, 1.165) is 11.1 Å². The Morgan fingerprint density at radius 2 is 1.59 bits per heavy atom. The summed E-state index contributed by atoms with van der Waals surface area (Å²) in [6, 6.07) is 23.7. The van der Waals surface area contributed by atoms with Crippen LogP contribution in [-0.4, -0.2) is 42.9 Å². The fraction of sp³-hybridized carbons (Fsp3) is 0.303. The molecule has 0 aliphatic carbocycles. The van der Waals surface area contributed by atoms with Crippen LogP contribution in [0.2, 0.25) is 0 Å². The van der Waals surface area contributed by atoms with Crippen molar-refractivity contribution in [1.82, 2.24) is 21.3 Å². The largest absolute Gasteiger partial charge is 0.483 e. The minimum atomic E-state index is -1.14. The van der Waals surface area contributed by atoms with E-state index >= 15 is 0 Å². The summed E-state index contributed by atoms with van der Waals surface area (Å²) in [5, 5.41) is 11.8. The lowest BCUT2D eigenvalue weighted by Crippen LogP contribution is -2.59. The highest BCUT2D eigenvalue weighted by molar-refractivity contribution is 5.94. The van der Waals surface area contributed by atoms with E-state index in [1.165, 1.54) is 0 Å². The van der Waals surface area contributed by atoms with Crippen molar-refractivity contribution in [2.75, 3.05) is 7.05 Å². The monoisotopic (exact) mass is 554 g/mol. The summed E-state index contributed by atoms with van der Waals surface area (Å²) in [5.74, 6) is -0.826. The molecule has 5 rings (SSSR count). The first-order valence-corrected chi connectivity index (χ1v) is 14.0. The Hall–Kier alpha value is -4.43. The zero-order valence-corrected chi connectivity index (χ0v) is 23.7. The van der Waals surface area contributed by atoms with Crippen molar-refractivity contribution in [3.8, 4) is 5.75 Å². The molecule has 0 aromatic heterocycles. The Bertz CT molecular complexity index is 1330. The number of hydrogen-bond acceptors (Lipinski definition) is 5. The summed E-state index contributed by atoms with van der Waals surface area (Å²) < 4.78 is 6.44. The topological polar surface area (TPSA) is 109 Å². The van der Waals surface area contributed by atoms with Crippen LogP contribution >= 0.6 is 0 Å². The quantitative estimate of drug-likeness (QED) is 0.339. The van der Waals surface area contributed by atoms with Crippen molar-refractivity contribution < 1.29 is 19.1 Å². The van der Waals surface area contributed by atoms with E-state index in [0.29, 0.717) is 24.2 Å². The van der Waals surface area contributed by atoms with Gasteiger partial charge in [0.05, 0.1) is 6.04 Å². The van der Waals surface area contributed by atoms with Gasteiger partial charge >= 0.3 is 0 Å². The lowest BCUT2D eigenvalue weighted by atomic mass is 9.95. The zero-order valence-electron chi connectivity index (χ0n) is 23.7. The minimum absolute atomic E-state index is 0.158. The molecule has 0 spiro atoms. The molecule has 2 bridgehead atoms. The van der Waals surface area contributed by atoms with Gasteiger partial charge in [0.2, 0.25) is 17.7 Å². The van der Waals surface area contributed by atoms with Crippen molar-refractivity contribution >= 4 is 23.8 Å². The predicted molar refractivity (Wildman–Crippen MR) is 160 cm³/mol. The van der Waals surface area contributed by atoms with Crippen molar-refractivity contribution in [2.24, 2.45) is 5.92 Å².